The van der Waals surface area contributed by atoms with E-state index < -0.39 is 25.9 Å². The van der Waals surface area contributed by atoms with Crippen LogP contribution in [-0.4, -0.2) is 52.9 Å². The first-order valence-corrected chi connectivity index (χ1v) is 13.5. The number of carbonyl (C=O) groups is 1. The molecule has 8 nitrogen and oxygen atoms in total. The van der Waals surface area contributed by atoms with Gasteiger partial charge in [-0.3, -0.25) is 9.10 Å². The highest BCUT2D eigenvalue weighted by Crippen LogP contribution is 2.22. The molecular weight excluding hydrogens is 457 g/mol. The Morgan fingerprint density at radius 3 is 2.16 bits per heavy atom. The molecular formula is C21H26FN3O5S2. The van der Waals surface area contributed by atoms with Crippen molar-refractivity contribution in [2.75, 3.05) is 35.5 Å². The molecule has 1 aliphatic rings. The predicted octanol–water partition coefficient (Wildman–Crippen LogP) is 2.80. The van der Waals surface area contributed by atoms with Crippen molar-refractivity contribution in [3.8, 4) is 0 Å². The molecule has 0 aromatic heterocycles. The van der Waals surface area contributed by atoms with E-state index >= 15 is 0 Å². The second-order valence-electron chi connectivity index (χ2n) is 7.60. The smallest absolute Gasteiger partial charge is 0.243 e. The molecule has 11 heteroatoms. The van der Waals surface area contributed by atoms with Gasteiger partial charge in [0.2, 0.25) is 26.0 Å². The quantitative estimate of drug-likeness (QED) is 0.591. The third kappa shape index (κ3) is 6.05. The lowest BCUT2D eigenvalue weighted by atomic mass is 10.2. The number of amides is 1. The van der Waals surface area contributed by atoms with Gasteiger partial charge < -0.3 is 5.32 Å². The number of nitrogens with zero attached hydrogens (tertiary/aromatic N) is 2. The van der Waals surface area contributed by atoms with Crippen molar-refractivity contribution >= 4 is 37.3 Å². The maximum atomic E-state index is 13.1. The SMILES string of the molecule is CS(=O)(=O)N(CCCC(=O)Nc1ccc(S(=O)(=O)N2CCCC2)cc1)c1ccc(F)cc1. The zero-order valence-electron chi connectivity index (χ0n) is 17.7. The van der Waals surface area contributed by atoms with Crippen LogP contribution in [-0.2, 0) is 24.8 Å². The lowest BCUT2D eigenvalue weighted by Crippen LogP contribution is -2.31. The first kappa shape index (κ1) is 24.1. The van der Waals surface area contributed by atoms with Crippen LogP contribution in [0.4, 0.5) is 15.8 Å². The lowest BCUT2D eigenvalue weighted by molar-refractivity contribution is -0.116. The van der Waals surface area contributed by atoms with Crippen molar-refractivity contribution in [1.29, 1.82) is 0 Å². The van der Waals surface area contributed by atoms with Gasteiger partial charge in [-0.25, -0.2) is 21.2 Å². The Morgan fingerprint density at radius 2 is 1.59 bits per heavy atom. The molecule has 2 aromatic rings. The molecule has 174 valence electrons. The average Bonchev–Trinajstić information content (AvgIpc) is 3.27. The maximum absolute atomic E-state index is 13.1. The largest absolute Gasteiger partial charge is 0.326 e. The van der Waals surface area contributed by atoms with E-state index in [9.17, 15) is 26.0 Å². The van der Waals surface area contributed by atoms with Crippen molar-refractivity contribution in [2.45, 2.75) is 30.6 Å². The Bertz CT molecular complexity index is 1140. The number of sulfonamides is 2. The number of hydrogen-bond acceptors (Lipinski definition) is 5. The summed E-state index contributed by atoms with van der Waals surface area (Å²) in [6.45, 7) is 1.09. The minimum atomic E-state index is -3.60. The van der Waals surface area contributed by atoms with Crippen molar-refractivity contribution < 1.29 is 26.0 Å². The van der Waals surface area contributed by atoms with E-state index in [0.29, 0.717) is 24.5 Å². The van der Waals surface area contributed by atoms with Crippen molar-refractivity contribution in [2.24, 2.45) is 0 Å². The van der Waals surface area contributed by atoms with Gasteiger partial charge in [-0.15, -0.1) is 0 Å². The van der Waals surface area contributed by atoms with Gasteiger partial charge in [0.15, 0.2) is 0 Å². The van der Waals surface area contributed by atoms with Gasteiger partial charge in [0.1, 0.15) is 5.82 Å². The number of rotatable bonds is 9. The van der Waals surface area contributed by atoms with Gasteiger partial charge >= 0.3 is 0 Å². The van der Waals surface area contributed by atoms with Gasteiger partial charge in [0.25, 0.3) is 0 Å². The molecule has 0 radical (unpaired) electrons. The Kier molecular flexibility index (Phi) is 7.52. The van der Waals surface area contributed by atoms with E-state index in [1.165, 1.54) is 52.8 Å². The summed E-state index contributed by atoms with van der Waals surface area (Å²) in [4.78, 5) is 12.4. The predicted molar refractivity (Wildman–Crippen MR) is 121 cm³/mol. The van der Waals surface area contributed by atoms with Crippen LogP contribution >= 0.6 is 0 Å². The van der Waals surface area contributed by atoms with Crippen LogP contribution < -0.4 is 9.62 Å². The zero-order valence-corrected chi connectivity index (χ0v) is 19.3. The number of benzene rings is 2. The van der Waals surface area contributed by atoms with Gasteiger partial charge in [-0.2, -0.15) is 4.31 Å². The molecule has 1 saturated heterocycles. The van der Waals surface area contributed by atoms with Crippen LogP contribution in [0.2, 0.25) is 0 Å². The Balaban J connectivity index is 1.55. The second kappa shape index (κ2) is 9.97. The van der Waals surface area contributed by atoms with E-state index in [4.69, 9.17) is 0 Å². The highest BCUT2D eigenvalue weighted by atomic mass is 32.2. The number of anilines is 2. The second-order valence-corrected chi connectivity index (χ2v) is 11.4. The Labute approximate surface area is 188 Å². The van der Waals surface area contributed by atoms with Crippen LogP contribution in [0.3, 0.4) is 0 Å². The highest BCUT2D eigenvalue weighted by Gasteiger charge is 2.27. The van der Waals surface area contributed by atoms with Gasteiger partial charge in [-0.05, 0) is 67.8 Å². The topological polar surface area (TPSA) is 104 Å². The monoisotopic (exact) mass is 483 g/mol. The van der Waals surface area contributed by atoms with Gasteiger partial charge in [0, 0.05) is 31.7 Å². The van der Waals surface area contributed by atoms with E-state index in [1.807, 2.05) is 0 Å². The number of halogens is 1. The molecule has 1 N–H and O–H groups in total. The summed E-state index contributed by atoms with van der Waals surface area (Å²) >= 11 is 0. The summed E-state index contributed by atoms with van der Waals surface area (Å²) in [5, 5.41) is 2.68. The Hall–Kier alpha value is -2.50. The highest BCUT2D eigenvalue weighted by molar-refractivity contribution is 7.92. The number of nitrogens with one attached hydrogen (secondary N) is 1. The molecule has 0 aliphatic carbocycles. The summed E-state index contributed by atoms with van der Waals surface area (Å²) in [6.07, 6.45) is 3.06. The Morgan fingerprint density at radius 1 is 1.00 bits per heavy atom. The molecule has 0 saturated carbocycles. The van der Waals surface area contributed by atoms with E-state index in [2.05, 4.69) is 5.32 Å². The van der Waals surface area contributed by atoms with Gasteiger partial charge in [0.05, 0.1) is 16.8 Å². The zero-order chi connectivity index (χ0) is 23.4. The summed E-state index contributed by atoms with van der Waals surface area (Å²) < 4.78 is 64.9. The third-order valence-corrected chi connectivity index (χ3v) is 8.23. The molecule has 2 aromatic carbocycles. The fourth-order valence-corrected chi connectivity index (χ4v) is 5.97. The molecule has 0 atom stereocenters. The molecule has 1 fully saturated rings. The minimum absolute atomic E-state index is 0.0566. The molecule has 1 amide bonds. The first-order valence-electron chi connectivity index (χ1n) is 10.2. The van der Waals surface area contributed by atoms with Crippen LogP contribution in [0.15, 0.2) is 53.4 Å². The minimum Gasteiger partial charge on any atom is -0.326 e. The normalized spacial score (nSPS) is 14.9. The fraction of sp³-hybridized carbons (Fsp3) is 0.381. The van der Waals surface area contributed by atoms with Crippen molar-refractivity contribution in [3.05, 3.63) is 54.3 Å². The number of hydrogen-bond donors (Lipinski definition) is 1. The van der Waals surface area contributed by atoms with Crippen LogP contribution in [0.5, 0.6) is 0 Å². The van der Waals surface area contributed by atoms with Crippen LogP contribution in [0.1, 0.15) is 25.7 Å². The fourth-order valence-electron chi connectivity index (χ4n) is 3.49. The van der Waals surface area contributed by atoms with E-state index in [-0.39, 0.29) is 30.2 Å². The van der Waals surface area contributed by atoms with Crippen LogP contribution in [0.25, 0.3) is 0 Å². The van der Waals surface area contributed by atoms with Crippen LogP contribution in [0, 0.1) is 5.82 Å². The molecule has 1 aliphatic heterocycles. The molecule has 3 rings (SSSR count). The molecule has 1 heterocycles. The first-order chi connectivity index (χ1) is 15.1. The standard InChI is InChI=1S/C21H26FN3O5S2/c1-31(27,28)25(19-10-6-17(22)7-11-19)16-4-5-21(26)23-18-8-12-20(13-9-18)32(29,30)24-14-2-3-15-24/h6-13H,2-5,14-16H2,1H3,(H,23,26). The molecule has 0 bridgehead atoms. The average molecular weight is 484 g/mol. The van der Waals surface area contributed by atoms with Crippen molar-refractivity contribution in [1.82, 2.24) is 4.31 Å². The van der Waals surface area contributed by atoms with E-state index in [1.54, 1.807) is 0 Å². The van der Waals surface area contributed by atoms with Crippen molar-refractivity contribution in [3.63, 3.8) is 0 Å². The summed E-state index contributed by atoms with van der Waals surface area (Å²) in [5.74, 6) is -0.798. The lowest BCUT2D eigenvalue weighted by Gasteiger charge is -2.22. The molecule has 0 unspecified atom stereocenters. The van der Waals surface area contributed by atoms with Gasteiger partial charge in [-0.1, -0.05) is 0 Å². The summed E-state index contributed by atoms with van der Waals surface area (Å²) in [5.41, 5.74) is 0.776. The number of carbonyl (C=O) groups excluding carboxylic acids is 1. The third-order valence-electron chi connectivity index (χ3n) is 5.12. The summed E-state index contributed by atoms with van der Waals surface area (Å²) in [6, 6.07) is 11.1. The van der Waals surface area contributed by atoms with E-state index in [0.717, 1.165) is 23.4 Å². The molecule has 32 heavy (non-hydrogen) atoms. The summed E-state index contributed by atoms with van der Waals surface area (Å²) in [7, 11) is -7.11. The maximum Gasteiger partial charge on any atom is 0.243 e. The molecule has 0 spiro atoms.